The quantitative estimate of drug-likeness (QED) is 0.0895. The van der Waals surface area contributed by atoms with Crippen LogP contribution in [0.2, 0.25) is 0 Å². The van der Waals surface area contributed by atoms with Gasteiger partial charge in [0.05, 0.1) is 17.7 Å². The third-order valence-corrected chi connectivity index (χ3v) is 8.79. The van der Waals surface area contributed by atoms with E-state index in [2.05, 4.69) is 10.6 Å². The third kappa shape index (κ3) is 8.29. The first-order valence-corrected chi connectivity index (χ1v) is 16.6. The van der Waals surface area contributed by atoms with Gasteiger partial charge >= 0.3 is 11.9 Å². The van der Waals surface area contributed by atoms with Crippen LogP contribution in [0.5, 0.6) is 5.75 Å². The van der Waals surface area contributed by atoms with Gasteiger partial charge in [0.1, 0.15) is 17.1 Å². The van der Waals surface area contributed by atoms with Crippen LogP contribution in [0.15, 0.2) is 63.8 Å². The predicted molar refractivity (Wildman–Crippen MR) is 181 cm³/mol. The van der Waals surface area contributed by atoms with E-state index >= 15 is 0 Å². The number of hydroxylamine groups is 2. The smallest absolute Gasteiger partial charge is 0.336 e. The molecule has 1 fully saturated rings. The Bertz CT molecular complexity index is 2040. The number of carbonyl (C=O) groups excluding carboxylic acids is 5. The molecule has 2 aromatic rings. The maximum absolute atomic E-state index is 13.4. The van der Waals surface area contributed by atoms with Crippen molar-refractivity contribution in [1.29, 1.82) is 0 Å². The van der Waals surface area contributed by atoms with Gasteiger partial charge in [0.15, 0.2) is 5.43 Å². The Labute approximate surface area is 289 Å². The van der Waals surface area contributed by atoms with Crippen molar-refractivity contribution in [1.82, 2.24) is 15.7 Å². The Balaban J connectivity index is 1.21. The number of carboxylic acids is 1. The standard InChI is InChI=1S/C35H33N3O11S/c1-35(2,17-36-28(41)16-50-12-11-31(44)49-38-29(42)9-10-30(38)43)18-37-33(45)19-3-6-22(34(46)47)25(13-19)32-23-7-4-20(39)14-26(23)48-27-15-21(40)5-8-24(27)32/h3-8,13-15,39H,9-12,16-18H2,1-2H3,(H,36,41)(H,37,45)(H,46,47). The van der Waals surface area contributed by atoms with Crippen molar-refractivity contribution in [2.75, 3.05) is 24.6 Å². The van der Waals surface area contributed by atoms with Gasteiger partial charge in [-0.2, -0.15) is 11.8 Å². The summed E-state index contributed by atoms with van der Waals surface area (Å²) in [6.45, 7) is 4.03. The molecule has 260 valence electrons. The van der Waals surface area contributed by atoms with Crippen molar-refractivity contribution in [3.63, 3.8) is 0 Å². The van der Waals surface area contributed by atoms with Crippen LogP contribution in [-0.4, -0.2) is 75.4 Å². The number of phenolic OH excluding ortho intramolecular Hbond substituents is 1. The van der Waals surface area contributed by atoms with Gasteiger partial charge in [0.2, 0.25) is 5.91 Å². The highest BCUT2D eigenvalue weighted by Gasteiger charge is 2.32. The van der Waals surface area contributed by atoms with Crippen LogP contribution >= 0.6 is 11.8 Å². The molecule has 0 radical (unpaired) electrons. The molecule has 3 aliphatic rings. The molecule has 0 bridgehead atoms. The molecule has 2 aliphatic heterocycles. The average molecular weight is 704 g/mol. The summed E-state index contributed by atoms with van der Waals surface area (Å²) in [6.07, 6.45) is -0.0957. The number of imide groups is 1. The summed E-state index contributed by atoms with van der Waals surface area (Å²) in [5, 5.41) is 26.7. The lowest BCUT2D eigenvalue weighted by molar-refractivity contribution is -0.197. The summed E-state index contributed by atoms with van der Waals surface area (Å²) < 4.78 is 5.87. The average Bonchev–Trinajstić information content (AvgIpc) is 3.38. The molecule has 0 aromatic heterocycles. The fourth-order valence-corrected chi connectivity index (χ4v) is 5.97. The van der Waals surface area contributed by atoms with Gasteiger partial charge in [0, 0.05) is 65.9 Å². The number of aromatic hydroxyl groups is 1. The number of nitrogens with one attached hydrogen (secondary N) is 2. The first-order chi connectivity index (χ1) is 23.7. The summed E-state index contributed by atoms with van der Waals surface area (Å²) in [5.74, 6) is -3.55. The van der Waals surface area contributed by atoms with Crippen molar-refractivity contribution in [2.45, 2.75) is 33.1 Å². The predicted octanol–water partition coefficient (Wildman–Crippen LogP) is 3.57. The van der Waals surface area contributed by atoms with Crippen LogP contribution in [0, 0.1) is 5.41 Å². The third-order valence-electron chi connectivity index (χ3n) is 7.83. The van der Waals surface area contributed by atoms with Crippen LogP contribution in [0.4, 0.5) is 0 Å². The Morgan fingerprint density at radius 1 is 0.920 bits per heavy atom. The summed E-state index contributed by atoms with van der Waals surface area (Å²) in [6, 6.07) is 12.6. The molecule has 0 atom stereocenters. The summed E-state index contributed by atoms with van der Waals surface area (Å²) in [7, 11) is 0. The maximum Gasteiger partial charge on any atom is 0.336 e. The van der Waals surface area contributed by atoms with Crippen molar-refractivity contribution in [3.8, 4) is 28.2 Å². The Hall–Kier alpha value is -5.70. The van der Waals surface area contributed by atoms with E-state index in [-0.39, 0.29) is 89.0 Å². The summed E-state index contributed by atoms with van der Waals surface area (Å²) >= 11 is 1.17. The minimum absolute atomic E-state index is 0.00158. The number of benzene rings is 3. The first kappa shape index (κ1) is 35.6. The van der Waals surface area contributed by atoms with Gasteiger partial charge in [-0.3, -0.25) is 24.0 Å². The normalized spacial score (nSPS) is 13.1. The van der Waals surface area contributed by atoms with E-state index in [1.165, 1.54) is 60.3 Å². The van der Waals surface area contributed by atoms with Crippen LogP contribution in [-0.2, 0) is 24.0 Å². The van der Waals surface area contributed by atoms with Crippen LogP contribution in [0.1, 0.15) is 53.8 Å². The number of amides is 4. The van der Waals surface area contributed by atoms with E-state index in [1.54, 1.807) is 6.07 Å². The zero-order chi connectivity index (χ0) is 36.2. The largest absolute Gasteiger partial charge is 0.508 e. The molecule has 4 N–H and O–H groups in total. The molecule has 0 spiro atoms. The minimum Gasteiger partial charge on any atom is -0.508 e. The fraction of sp³-hybridized carbons (Fsp3) is 0.286. The number of phenols is 1. The van der Waals surface area contributed by atoms with Gasteiger partial charge in [-0.1, -0.05) is 13.8 Å². The number of hydrogen-bond donors (Lipinski definition) is 4. The summed E-state index contributed by atoms with van der Waals surface area (Å²) in [4.78, 5) is 90.1. The van der Waals surface area contributed by atoms with Gasteiger partial charge in [-0.05, 0) is 53.4 Å². The molecule has 14 nitrogen and oxygen atoms in total. The van der Waals surface area contributed by atoms with Crippen LogP contribution in [0.25, 0.3) is 33.4 Å². The fourth-order valence-electron chi connectivity index (χ4n) is 5.23. The van der Waals surface area contributed by atoms with Gasteiger partial charge in [-0.15, -0.1) is 5.06 Å². The molecule has 1 aliphatic carbocycles. The lowest BCUT2D eigenvalue weighted by atomic mass is 9.89. The Kier molecular flexibility index (Phi) is 10.6. The van der Waals surface area contributed by atoms with Crippen molar-refractivity contribution in [2.24, 2.45) is 5.41 Å². The van der Waals surface area contributed by atoms with E-state index in [0.29, 0.717) is 21.6 Å². The number of rotatable bonds is 13. The van der Waals surface area contributed by atoms with Gasteiger partial charge < -0.3 is 30.1 Å². The molecule has 5 rings (SSSR count). The lowest BCUT2D eigenvalue weighted by Gasteiger charge is -2.25. The number of thioether (sulfide) groups is 1. The molecular formula is C35H33N3O11S. The number of carbonyl (C=O) groups is 6. The molecule has 15 heteroatoms. The highest BCUT2D eigenvalue weighted by molar-refractivity contribution is 7.99. The lowest BCUT2D eigenvalue weighted by Crippen LogP contribution is -2.42. The summed E-state index contributed by atoms with van der Waals surface area (Å²) in [5.41, 5.74) is 0.408. The Morgan fingerprint density at radius 2 is 1.64 bits per heavy atom. The molecular weight excluding hydrogens is 670 g/mol. The number of hydrogen-bond acceptors (Lipinski definition) is 11. The van der Waals surface area contributed by atoms with Gasteiger partial charge in [-0.25, -0.2) is 9.59 Å². The highest BCUT2D eigenvalue weighted by atomic mass is 32.2. The molecule has 50 heavy (non-hydrogen) atoms. The van der Waals surface area contributed by atoms with Crippen molar-refractivity contribution < 1.29 is 48.2 Å². The molecule has 0 unspecified atom stereocenters. The maximum atomic E-state index is 13.4. The van der Waals surface area contributed by atoms with E-state index in [9.17, 15) is 43.8 Å². The minimum atomic E-state index is -1.24. The van der Waals surface area contributed by atoms with E-state index in [0.717, 1.165) is 0 Å². The van der Waals surface area contributed by atoms with E-state index in [4.69, 9.17) is 9.25 Å². The van der Waals surface area contributed by atoms with Gasteiger partial charge in [0.25, 0.3) is 17.7 Å². The zero-order valence-electron chi connectivity index (χ0n) is 27.1. The zero-order valence-corrected chi connectivity index (χ0v) is 27.9. The Morgan fingerprint density at radius 3 is 2.36 bits per heavy atom. The number of carboxylic acid groups (broad SMARTS) is 1. The second kappa shape index (κ2) is 14.8. The SMILES string of the molecule is CC(C)(CNC(=O)CSCCC(=O)ON1C(=O)CCC1=O)CNC(=O)c1ccc(C(=O)O)c(-c2c3ccc(=O)cc-3oc3cc(O)ccc23)c1. The van der Waals surface area contributed by atoms with E-state index < -0.39 is 35.1 Å². The van der Waals surface area contributed by atoms with Crippen LogP contribution < -0.4 is 16.1 Å². The number of aromatic carboxylic acids is 1. The highest BCUT2D eigenvalue weighted by Crippen LogP contribution is 2.42. The van der Waals surface area contributed by atoms with E-state index in [1.807, 2.05) is 13.8 Å². The molecule has 0 saturated carbocycles. The van der Waals surface area contributed by atoms with Crippen molar-refractivity contribution >= 4 is 58.3 Å². The second-order valence-corrected chi connectivity index (χ2v) is 13.5. The molecule has 2 heterocycles. The molecule has 2 aromatic carbocycles. The monoisotopic (exact) mass is 703 g/mol. The molecule has 1 saturated heterocycles. The van der Waals surface area contributed by atoms with Crippen LogP contribution in [0.3, 0.4) is 0 Å². The number of nitrogens with zero attached hydrogens (tertiary/aromatic N) is 1. The first-order valence-electron chi connectivity index (χ1n) is 15.5. The van der Waals surface area contributed by atoms with Crippen molar-refractivity contribution in [3.05, 3.63) is 75.9 Å². The topological polar surface area (TPSA) is 210 Å². The number of fused-ring (bicyclic) bond motifs is 2. The second-order valence-electron chi connectivity index (χ2n) is 12.4. The molecule has 4 amide bonds.